The number of nitrogens with zero attached hydrogens (tertiary/aromatic N) is 3. The second-order valence-corrected chi connectivity index (χ2v) is 10.6. The highest BCUT2D eigenvalue weighted by atomic mass is 16.5. The van der Waals surface area contributed by atoms with Crippen LogP contribution < -0.4 is 19.7 Å². The molecule has 0 unspecified atom stereocenters. The molecule has 8 heteroatoms. The first kappa shape index (κ1) is 24.1. The topological polar surface area (TPSA) is 85.7 Å². The summed E-state index contributed by atoms with van der Waals surface area (Å²) in [6, 6.07) is 7.25. The van der Waals surface area contributed by atoms with E-state index in [0.29, 0.717) is 22.9 Å². The van der Waals surface area contributed by atoms with Crippen LogP contribution in [0.3, 0.4) is 0 Å². The molecule has 34 heavy (non-hydrogen) atoms. The van der Waals surface area contributed by atoms with E-state index < -0.39 is 5.54 Å². The zero-order chi connectivity index (χ0) is 24.7. The van der Waals surface area contributed by atoms with Crippen molar-refractivity contribution in [3.8, 4) is 11.5 Å². The molecule has 184 valence electrons. The molecule has 1 aliphatic carbocycles. The molecule has 1 aromatic carbocycles. The summed E-state index contributed by atoms with van der Waals surface area (Å²) in [6.45, 7) is 8.25. The smallest absolute Gasteiger partial charge is 0.277 e. The maximum absolute atomic E-state index is 14.0. The summed E-state index contributed by atoms with van der Waals surface area (Å²) in [5.74, 6) is 0.650. The van der Waals surface area contributed by atoms with Crippen molar-refractivity contribution >= 4 is 17.5 Å². The Labute approximate surface area is 201 Å². The van der Waals surface area contributed by atoms with Gasteiger partial charge in [0, 0.05) is 29.7 Å². The molecule has 2 amide bonds. The average molecular weight is 469 g/mol. The lowest BCUT2D eigenvalue weighted by Crippen LogP contribution is -2.65. The highest BCUT2D eigenvalue weighted by molar-refractivity contribution is 6.12. The Bertz CT molecular complexity index is 1060. The second kappa shape index (κ2) is 8.96. The summed E-state index contributed by atoms with van der Waals surface area (Å²) in [4.78, 5) is 29.4. The Hall–Kier alpha value is -3.03. The molecule has 2 aliphatic rings. The van der Waals surface area contributed by atoms with Crippen molar-refractivity contribution < 1.29 is 19.1 Å². The van der Waals surface area contributed by atoms with Gasteiger partial charge in [-0.1, -0.05) is 40.0 Å². The summed E-state index contributed by atoms with van der Waals surface area (Å²) in [7, 11) is 3.13. The number of rotatable bonds is 5. The second-order valence-electron chi connectivity index (χ2n) is 10.6. The Kier molecular flexibility index (Phi) is 6.36. The van der Waals surface area contributed by atoms with Crippen molar-refractivity contribution in [3.05, 3.63) is 35.7 Å². The molecular formula is C26H36N4O4. The van der Waals surface area contributed by atoms with Crippen LogP contribution in [0.15, 0.2) is 24.3 Å². The quantitative estimate of drug-likeness (QED) is 0.715. The SMILES string of the molecule is COc1cc(OC)cc(N2C(=O)c3cc(C(C)(C)C)nn3C[C@@]2(C)C(=O)NC2CCCCC2)c1. The molecule has 1 atom stereocenters. The van der Waals surface area contributed by atoms with E-state index in [1.54, 1.807) is 42.0 Å². The van der Waals surface area contributed by atoms with Gasteiger partial charge in [0.25, 0.3) is 5.91 Å². The van der Waals surface area contributed by atoms with Gasteiger partial charge in [-0.05, 0) is 25.8 Å². The van der Waals surface area contributed by atoms with Gasteiger partial charge in [0.05, 0.1) is 32.1 Å². The van der Waals surface area contributed by atoms with Gasteiger partial charge < -0.3 is 14.8 Å². The fraction of sp³-hybridized carbons (Fsp3) is 0.577. The van der Waals surface area contributed by atoms with Crippen molar-refractivity contribution in [1.29, 1.82) is 0 Å². The predicted octanol–water partition coefficient (Wildman–Crippen LogP) is 4.07. The lowest BCUT2D eigenvalue weighted by molar-refractivity contribution is -0.127. The first-order chi connectivity index (χ1) is 16.1. The standard InChI is InChI=1S/C26H36N4O4/c1-25(2,3)22-15-21-23(31)30(18-12-19(33-5)14-20(13-18)34-6)26(4,16-29(21)28-22)24(32)27-17-10-8-7-9-11-17/h12-15,17H,7-11,16H2,1-6H3,(H,27,32)/t26-/m0/s1. The van der Waals surface area contributed by atoms with E-state index in [1.165, 1.54) is 6.42 Å². The molecule has 0 bridgehead atoms. The zero-order valence-electron chi connectivity index (χ0n) is 21.1. The van der Waals surface area contributed by atoms with E-state index in [1.807, 2.05) is 13.0 Å². The molecule has 1 aromatic heterocycles. The average Bonchev–Trinajstić information content (AvgIpc) is 3.24. The van der Waals surface area contributed by atoms with E-state index in [2.05, 4.69) is 26.1 Å². The van der Waals surface area contributed by atoms with E-state index in [9.17, 15) is 9.59 Å². The molecule has 2 aromatic rings. The lowest BCUT2D eigenvalue weighted by Gasteiger charge is -2.44. The number of carbonyl (C=O) groups is 2. The van der Waals surface area contributed by atoms with Gasteiger partial charge in [0.2, 0.25) is 5.91 Å². The van der Waals surface area contributed by atoms with E-state index in [4.69, 9.17) is 14.6 Å². The van der Waals surface area contributed by atoms with Crippen LogP contribution in [0.5, 0.6) is 11.5 Å². The van der Waals surface area contributed by atoms with Crippen LogP contribution in [-0.4, -0.2) is 47.4 Å². The van der Waals surface area contributed by atoms with Gasteiger partial charge in [-0.2, -0.15) is 5.10 Å². The van der Waals surface area contributed by atoms with Crippen molar-refractivity contribution in [1.82, 2.24) is 15.1 Å². The zero-order valence-corrected chi connectivity index (χ0v) is 21.1. The Morgan fingerprint density at radius 1 is 1.06 bits per heavy atom. The lowest BCUT2D eigenvalue weighted by atomic mass is 9.90. The highest BCUT2D eigenvalue weighted by Crippen LogP contribution is 2.38. The van der Waals surface area contributed by atoms with Gasteiger partial charge in [-0.25, -0.2) is 0 Å². The number of methoxy groups -OCH3 is 2. The maximum Gasteiger partial charge on any atom is 0.277 e. The summed E-state index contributed by atoms with van der Waals surface area (Å²) in [5.41, 5.74) is 0.424. The summed E-state index contributed by atoms with van der Waals surface area (Å²) >= 11 is 0. The first-order valence-corrected chi connectivity index (χ1v) is 12.0. The Morgan fingerprint density at radius 3 is 2.24 bits per heavy atom. The minimum absolute atomic E-state index is 0.124. The molecule has 1 fully saturated rings. The molecule has 2 heterocycles. The molecule has 0 spiro atoms. The van der Waals surface area contributed by atoms with Gasteiger partial charge in [-0.15, -0.1) is 0 Å². The van der Waals surface area contributed by atoms with E-state index in [-0.39, 0.29) is 29.8 Å². The van der Waals surface area contributed by atoms with Crippen LogP contribution in [0, 0.1) is 0 Å². The Balaban J connectivity index is 1.81. The number of benzene rings is 1. The highest BCUT2D eigenvalue weighted by Gasteiger charge is 2.49. The minimum Gasteiger partial charge on any atom is -0.497 e. The van der Waals surface area contributed by atoms with Crippen molar-refractivity contribution in [2.24, 2.45) is 0 Å². The number of hydrogen-bond acceptors (Lipinski definition) is 5. The van der Waals surface area contributed by atoms with Gasteiger partial charge >= 0.3 is 0 Å². The third-order valence-electron chi connectivity index (χ3n) is 6.95. The van der Waals surface area contributed by atoms with Crippen molar-refractivity contribution in [2.75, 3.05) is 19.1 Å². The number of fused-ring (bicyclic) bond motifs is 1. The number of ether oxygens (including phenoxy) is 2. The number of anilines is 1. The normalized spacial score (nSPS) is 21.2. The number of amides is 2. The van der Waals surface area contributed by atoms with Crippen LogP contribution >= 0.6 is 0 Å². The molecular weight excluding hydrogens is 432 g/mol. The van der Waals surface area contributed by atoms with E-state index >= 15 is 0 Å². The van der Waals surface area contributed by atoms with Gasteiger partial charge in [0.1, 0.15) is 22.7 Å². The summed E-state index contributed by atoms with van der Waals surface area (Å²) in [6.07, 6.45) is 5.34. The molecule has 0 saturated heterocycles. The molecule has 8 nitrogen and oxygen atoms in total. The monoisotopic (exact) mass is 468 g/mol. The number of aromatic nitrogens is 2. The summed E-state index contributed by atoms with van der Waals surface area (Å²) in [5, 5.41) is 7.97. The fourth-order valence-electron chi connectivity index (χ4n) is 4.86. The van der Waals surface area contributed by atoms with Gasteiger partial charge in [0.15, 0.2) is 0 Å². The molecule has 1 saturated carbocycles. The molecule has 1 N–H and O–H groups in total. The Morgan fingerprint density at radius 2 is 1.68 bits per heavy atom. The van der Waals surface area contributed by atoms with Crippen molar-refractivity contribution in [2.45, 2.75) is 83.3 Å². The number of nitrogens with one attached hydrogen (secondary N) is 1. The minimum atomic E-state index is -1.18. The number of hydrogen-bond donors (Lipinski definition) is 1. The molecule has 4 rings (SSSR count). The largest absolute Gasteiger partial charge is 0.497 e. The third-order valence-corrected chi connectivity index (χ3v) is 6.95. The van der Waals surface area contributed by atoms with Crippen LogP contribution in [0.25, 0.3) is 0 Å². The first-order valence-electron chi connectivity index (χ1n) is 12.0. The fourth-order valence-corrected chi connectivity index (χ4v) is 4.86. The van der Waals surface area contributed by atoms with Crippen LogP contribution in [0.2, 0.25) is 0 Å². The molecule has 0 radical (unpaired) electrons. The van der Waals surface area contributed by atoms with Crippen LogP contribution in [0.4, 0.5) is 5.69 Å². The third kappa shape index (κ3) is 4.38. The van der Waals surface area contributed by atoms with Crippen LogP contribution in [0.1, 0.15) is 76.0 Å². The predicted molar refractivity (Wildman–Crippen MR) is 131 cm³/mol. The van der Waals surface area contributed by atoms with Crippen LogP contribution in [-0.2, 0) is 16.8 Å². The maximum atomic E-state index is 14.0. The van der Waals surface area contributed by atoms with Gasteiger partial charge in [-0.3, -0.25) is 19.2 Å². The number of carbonyl (C=O) groups excluding carboxylic acids is 2. The van der Waals surface area contributed by atoms with E-state index in [0.717, 1.165) is 31.4 Å². The summed E-state index contributed by atoms with van der Waals surface area (Å²) < 4.78 is 12.6. The molecule has 1 aliphatic heterocycles. The van der Waals surface area contributed by atoms with Crippen molar-refractivity contribution in [3.63, 3.8) is 0 Å².